The van der Waals surface area contributed by atoms with Crippen molar-refractivity contribution in [2.24, 2.45) is 0 Å². The first-order valence-electron chi connectivity index (χ1n) is 8.70. The summed E-state index contributed by atoms with van der Waals surface area (Å²) in [7, 11) is 0. The van der Waals surface area contributed by atoms with E-state index in [4.69, 9.17) is 0 Å². The molecular weight excluding hydrogens is 380 g/mol. The Morgan fingerprint density at radius 3 is 2.55 bits per heavy atom. The van der Waals surface area contributed by atoms with Crippen molar-refractivity contribution in [1.82, 2.24) is 35.1 Å². The Kier molecular flexibility index (Phi) is 5.06. The van der Waals surface area contributed by atoms with Crippen LogP contribution in [0.3, 0.4) is 0 Å². The van der Waals surface area contributed by atoms with E-state index in [1.807, 2.05) is 0 Å². The first-order chi connectivity index (χ1) is 14.1. The molecule has 0 spiro atoms. The normalized spacial score (nSPS) is 10.8. The highest BCUT2D eigenvalue weighted by atomic mass is 19.1. The predicted octanol–water partition coefficient (Wildman–Crippen LogP) is 2.23. The van der Waals surface area contributed by atoms with Crippen molar-refractivity contribution >= 4 is 5.91 Å². The van der Waals surface area contributed by atoms with Crippen molar-refractivity contribution in [1.29, 1.82) is 0 Å². The van der Waals surface area contributed by atoms with E-state index in [1.165, 1.54) is 35.4 Å². The van der Waals surface area contributed by atoms with E-state index in [2.05, 4.69) is 25.6 Å². The monoisotopic (exact) mass is 395 g/mol. The van der Waals surface area contributed by atoms with Gasteiger partial charge in [0.25, 0.3) is 5.91 Å². The third-order valence-electron chi connectivity index (χ3n) is 4.09. The quantitative estimate of drug-likeness (QED) is 0.541. The molecule has 0 radical (unpaired) electrons. The summed E-state index contributed by atoms with van der Waals surface area (Å²) >= 11 is 0. The van der Waals surface area contributed by atoms with E-state index in [0.29, 0.717) is 23.6 Å². The van der Waals surface area contributed by atoms with E-state index in [9.17, 15) is 13.6 Å². The van der Waals surface area contributed by atoms with Gasteiger partial charge in [-0.2, -0.15) is 20.1 Å². The van der Waals surface area contributed by atoms with Crippen LogP contribution >= 0.6 is 0 Å². The molecule has 0 saturated carbocycles. The van der Waals surface area contributed by atoms with Crippen molar-refractivity contribution < 1.29 is 13.6 Å². The maximum atomic E-state index is 13.7. The van der Waals surface area contributed by atoms with Crippen LogP contribution in [-0.4, -0.2) is 42.2 Å². The molecule has 3 aromatic heterocycles. The van der Waals surface area contributed by atoms with Gasteiger partial charge in [-0.1, -0.05) is 0 Å². The fourth-order valence-electron chi connectivity index (χ4n) is 2.73. The molecule has 0 aliphatic carbocycles. The van der Waals surface area contributed by atoms with E-state index < -0.39 is 17.5 Å². The molecule has 0 fully saturated rings. The average Bonchev–Trinajstić information content (AvgIpc) is 3.41. The second kappa shape index (κ2) is 7.97. The molecule has 146 valence electrons. The molecule has 4 aromatic rings. The van der Waals surface area contributed by atoms with Gasteiger partial charge in [-0.3, -0.25) is 14.5 Å². The minimum Gasteiger partial charge on any atom is -0.350 e. The zero-order chi connectivity index (χ0) is 20.2. The zero-order valence-electron chi connectivity index (χ0n) is 15.0. The summed E-state index contributed by atoms with van der Waals surface area (Å²) in [5.74, 6) is -1.41. The lowest BCUT2D eigenvalue weighted by Gasteiger charge is -2.10. The van der Waals surface area contributed by atoms with Gasteiger partial charge in [0.1, 0.15) is 17.3 Å². The van der Waals surface area contributed by atoms with E-state index in [-0.39, 0.29) is 12.1 Å². The van der Waals surface area contributed by atoms with Gasteiger partial charge >= 0.3 is 0 Å². The standard InChI is InChI=1S/C19H15F2N7O/c20-13-2-4-18(28-24-6-7-25-28)15(11-13)19(29)22-8-10-27-9-5-17(26-27)16-3-1-14(21)12-23-16/h1-7,9,11-12H,8,10H2,(H,22,29). The van der Waals surface area contributed by atoms with Crippen LogP contribution in [0, 0.1) is 11.6 Å². The van der Waals surface area contributed by atoms with E-state index in [0.717, 1.165) is 12.3 Å². The number of nitrogens with one attached hydrogen (secondary N) is 1. The van der Waals surface area contributed by atoms with Crippen molar-refractivity contribution in [2.75, 3.05) is 6.54 Å². The van der Waals surface area contributed by atoms with Gasteiger partial charge in [0.05, 0.1) is 42.1 Å². The Hall–Kier alpha value is -3.95. The van der Waals surface area contributed by atoms with Crippen LogP contribution in [0.5, 0.6) is 0 Å². The third-order valence-corrected chi connectivity index (χ3v) is 4.09. The second-order valence-electron chi connectivity index (χ2n) is 6.06. The summed E-state index contributed by atoms with van der Waals surface area (Å²) in [6.45, 7) is 0.650. The molecule has 1 amide bonds. The fraction of sp³-hybridized carbons (Fsp3) is 0.105. The van der Waals surface area contributed by atoms with Crippen LogP contribution in [0.15, 0.2) is 61.2 Å². The highest BCUT2D eigenvalue weighted by Gasteiger charge is 2.15. The number of rotatable bonds is 6. The lowest BCUT2D eigenvalue weighted by Crippen LogP contribution is -2.28. The molecular formula is C19H15F2N7O. The lowest BCUT2D eigenvalue weighted by molar-refractivity contribution is 0.0951. The lowest BCUT2D eigenvalue weighted by atomic mass is 10.1. The van der Waals surface area contributed by atoms with Gasteiger partial charge in [0, 0.05) is 12.7 Å². The summed E-state index contributed by atoms with van der Waals surface area (Å²) < 4.78 is 28.3. The molecule has 29 heavy (non-hydrogen) atoms. The minimum atomic E-state index is -0.533. The van der Waals surface area contributed by atoms with Crippen LogP contribution in [0.1, 0.15) is 10.4 Å². The predicted molar refractivity (Wildman–Crippen MR) is 99.1 cm³/mol. The SMILES string of the molecule is O=C(NCCn1ccc(-c2ccc(F)cn2)n1)c1cc(F)ccc1-n1nccn1. The number of hydrogen-bond donors (Lipinski definition) is 1. The van der Waals surface area contributed by atoms with Crippen molar-refractivity contribution in [3.63, 3.8) is 0 Å². The maximum Gasteiger partial charge on any atom is 0.253 e. The molecule has 0 aliphatic heterocycles. The number of pyridine rings is 1. The number of nitrogens with zero attached hydrogens (tertiary/aromatic N) is 6. The van der Waals surface area contributed by atoms with E-state index >= 15 is 0 Å². The Labute approximate surface area is 163 Å². The van der Waals surface area contributed by atoms with Gasteiger partial charge in [-0.25, -0.2) is 8.78 Å². The smallest absolute Gasteiger partial charge is 0.253 e. The molecule has 0 saturated heterocycles. The Balaban J connectivity index is 1.41. The van der Waals surface area contributed by atoms with Gasteiger partial charge in [-0.05, 0) is 36.4 Å². The fourth-order valence-corrected chi connectivity index (χ4v) is 2.73. The Bertz CT molecular complexity index is 1120. The maximum absolute atomic E-state index is 13.7. The number of aromatic nitrogens is 6. The molecule has 3 heterocycles. The second-order valence-corrected chi connectivity index (χ2v) is 6.06. The minimum absolute atomic E-state index is 0.123. The summed E-state index contributed by atoms with van der Waals surface area (Å²) in [6, 6.07) is 8.42. The van der Waals surface area contributed by atoms with Crippen molar-refractivity contribution in [3.8, 4) is 17.1 Å². The number of carbonyl (C=O) groups excluding carboxylic acids is 1. The number of amides is 1. The van der Waals surface area contributed by atoms with E-state index in [1.54, 1.807) is 23.0 Å². The van der Waals surface area contributed by atoms with Gasteiger partial charge in [0.15, 0.2) is 0 Å². The highest BCUT2D eigenvalue weighted by Crippen LogP contribution is 2.15. The Morgan fingerprint density at radius 1 is 1.00 bits per heavy atom. The molecule has 8 nitrogen and oxygen atoms in total. The Morgan fingerprint density at radius 2 is 1.79 bits per heavy atom. The average molecular weight is 395 g/mol. The van der Waals surface area contributed by atoms with Gasteiger partial charge < -0.3 is 5.32 Å². The molecule has 4 rings (SSSR count). The zero-order valence-corrected chi connectivity index (χ0v) is 15.0. The summed E-state index contributed by atoms with van der Waals surface area (Å²) in [4.78, 5) is 17.8. The summed E-state index contributed by atoms with van der Waals surface area (Å²) in [5.41, 5.74) is 1.63. The third kappa shape index (κ3) is 4.15. The molecule has 0 unspecified atom stereocenters. The first-order valence-corrected chi connectivity index (χ1v) is 8.70. The number of carbonyl (C=O) groups is 1. The number of benzene rings is 1. The van der Waals surface area contributed by atoms with Crippen LogP contribution in [-0.2, 0) is 6.54 Å². The van der Waals surface area contributed by atoms with Gasteiger partial charge in [-0.15, -0.1) is 0 Å². The van der Waals surface area contributed by atoms with Crippen LogP contribution in [0.25, 0.3) is 17.1 Å². The van der Waals surface area contributed by atoms with Crippen LogP contribution in [0.2, 0.25) is 0 Å². The topological polar surface area (TPSA) is 90.5 Å². The summed E-state index contributed by atoms with van der Waals surface area (Å²) in [5, 5.41) is 15.0. The van der Waals surface area contributed by atoms with Crippen LogP contribution in [0.4, 0.5) is 8.78 Å². The first kappa shape index (κ1) is 18.4. The van der Waals surface area contributed by atoms with Gasteiger partial charge in [0.2, 0.25) is 0 Å². The molecule has 0 atom stereocenters. The van der Waals surface area contributed by atoms with Crippen molar-refractivity contribution in [2.45, 2.75) is 6.54 Å². The molecule has 10 heteroatoms. The summed E-state index contributed by atoms with van der Waals surface area (Å²) in [6.07, 6.45) is 5.79. The molecule has 0 bridgehead atoms. The number of hydrogen-bond acceptors (Lipinski definition) is 5. The van der Waals surface area contributed by atoms with Crippen molar-refractivity contribution in [3.05, 3.63) is 78.4 Å². The molecule has 1 aromatic carbocycles. The highest BCUT2D eigenvalue weighted by molar-refractivity contribution is 5.97. The molecule has 1 N–H and O–H groups in total. The van der Waals surface area contributed by atoms with Crippen LogP contribution < -0.4 is 5.32 Å². The molecule has 0 aliphatic rings. The largest absolute Gasteiger partial charge is 0.350 e. The number of halogens is 2.